The van der Waals surface area contributed by atoms with Crippen molar-refractivity contribution in [2.75, 3.05) is 20.3 Å². The number of carbonyl (C=O) groups excluding carboxylic acids is 2. The number of nitrogens with zero attached hydrogens (tertiary/aromatic N) is 1. The molecule has 150 valence electrons. The van der Waals surface area contributed by atoms with Gasteiger partial charge in [0.2, 0.25) is 5.91 Å². The van der Waals surface area contributed by atoms with Crippen LogP contribution < -0.4 is 14.8 Å². The van der Waals surface area contributed by atoms with Crippen molar-refractivity contribution in [3.8, 4) is 11.5 Å². The Bertz CT molecular complexity index is 795. The van der Waals surface area contributed by atoms with E-state index in [2.05, 4.69) is 5.32 Å². The summed E-state index contributed by atoms with van der Waals surface area (Å²) in [5, 5.41) is 2.73. The van der Waals surface area contributed by atoms with Crippen LogP contribution in [0.2, 0.25) is 0 Å². The normalized spacial score (nSPS) is 11.4. The van der Waals surface area contributed by atoms with Crippen LogP contribution in [-0.4, -0.2) is 43.0 Å². The molecule has 0 aliphatic carbocycles. The van der Waals surface area contributed by atoms with E-state index >= 15 is 0 Å². The molecule has 7 heteroatoms. The van der Waals surface area contributed by atoms with Gasteiger partial charge in [-0.05, 0) is 55.8 Å². The first kappa shape index (κ1) is 21.2. The van der Waals surface area contributed by atoms with E-state index in [0.717, 1.165) is 5.56 Å². The summed E-state index contributed by atoms with van der Waals surface area (Å²) in [7, 11) is 1.57. The third kappa shape index (κ3) is 5.97. The zero-order valence-corrected chi connectivity index (χ0v) is 16.3. The number of amides is 2. The van der Waals surface area contributed by atoms with Crippen LogP contribution in [0, 0.1) is 5.82 Å². The lowest BCUT2D eigenvalue weighted by molar-refractivity contribution is -0.142. The van der Waals surface area contributed by atoms with Gasteiger partial charge >= 0.3 is 0 Å². The Labute approximate surface area is 164 Å². The van der Waals surface area contributed by atoms with Crippen molar-refractivity contribution in [3.63, 3.8) is 0 Å². The zero-order valence-electron chi connectivity index (χ0n) is 16.3. The van der Waals surface area contributed by atoms with Crippen molar-refractivity contribution in [2.45, 2.75) is 26.4 Å². The van der Waals surface area contributed by atoms with E-state index in [1.54, 1.807) is 20.1 Å². The summed E-state index contributed by atoms with van der Waals surface area (Å²) < 4.78 is 23.7. The van der Waals surface area contributed by atoms with Gasteiger partial charge in [0.1, 0.15) is 23.4 Å². The third-order valence-electron chi connectivity index (χ3n) is 4.18. The molecule has 0 saturated carbocycles. The summed E-state index contributed by atoms with van der Waals surface area (Å²) >= 11 is 0. The van der Waals surface area contributed by atoms with Gasteiger partial charge in [-0.25, -0.2) is 4.39 Å². The molecule has 1 atom stereocenters. The van der Waals surface area contributed by atoms with Crippen molar-refractivity contribution >= 4 is 11.8 Å². The monoisotopic (exact) mass is 388 g/mol. The number of rotatable bonds is 9. The molecular formula is C21H25FN2O4. The van der Waals surface area contributed by atoms with Crippen molar-refractivity contribution in [1.29, 1.82) is 0 Å². The second-order valence-corrected chi connectivity index (χ2v) is 6.19. The Kier molecular flexibility index (Phi) is 7.80. The Morgan fingerprint density at radius 1 is 1.14 bits per heavy atom. The molecule has 0 saturated heterocycles. The number of likely N-dealkylation sites (N-methyl/N-ethyl adjacent to an activating group) is 1. The van der Waals surface area contributed by atoms with Gasteiger partial charge in [0.15, 0.2) is 6.61 Å². The van der Waals surface area contributed by atoms with E-state index in [4.69, 9.17) is 9.47 Å². The van der Waals surface area contributed by atoms with Crippen LogP contribution >= 0.6 is 0 Å². The molecule has 2 rings (SSSR count). The first-order valence-electron chi connectivity index (χ1n) is 9.03. The van der Waals surface area contributed by atoms with Gasteiger partial charge in [-0.3, -0.25) is 9.59 Å². The highest BCUT2D eigenvalue weighted by molar-refractivity contribution is 5.87. The molecule has 28 heavy (non-hydrogen) atoms. The predicted molar refractivity (Wildman–Crippen MR) is 104 cm³/mol. The van der Waals surface area contributed by atoms with E-state index < -0.39 is 6.04 Å². The molecule has 2 amide bonds. The quantitative estimate of drug-likeness (QED) is 0.717. The molecule has 1 N–H and O–H groups in total. The lowest BCUT2D eigenvalue weighted by atomic mass is 10.1. The predicted octanol–water partition coefficient (Wildman–Crippen LogP) is 2.77. The minimum absolute atomic E-state index is 0.223. The number of methoxy groups -OCH3 is 1. The van der Waals surface area contributed by atoms with Gasteiger partial charge in [0, 0.05) is 13.1 Å². The standard InChI is InChI=1S/C21H25FN2O4/c1-4-23-21(26)15(2)24(13-16-6-5-7-19(12-16)27-3)20(25)14-28-18-10-8-17(22)9-11-18/h5-12,15H,4,13-14H2,1-3H3,(H,23,26). The Balaban J connectivity index is 2.14. The van der Waals surface area contributed by atoms with Gasteiger partial charge in [0.25, 0.3) is 5.91 Å². The second kappa shape index (κ2) is 10.3. The fourth-order valence-corrected chi connectivity index (χ4v) is 2.63. The maximum absolute atomic E-state index is 13.0. The molecule has 0 aliphatic heterocycles. The van der Waals surface area contributed by atoms with E-state index in [-0.39, 0.29) is 30.8 Å². The van der Waals surface area contributed by atoms with E-state index in [1.807, 2.05) is 25.1 Å². The fourth-order valence-electron chi connectivity index (χ4n) is 2.63. The molecular weight excluding hydrogens is 363 g/mol. The molecule has 2 aromatic rings. The fraction of sp³-hybridized carbons (Fsp3) is 0.333. The van der Waals surface area contributed by atoms with Crippen molar-refractivity contribution < 1.29 is 23.5 Å². The van der Waals surface area contributed by atoms with Crippen molar-refractivity contribution in [1.82, 2.24) is 10.2 Å². The highest BCUT2D eigenvalue weighted by Gasteiger charge is 2.26. The second-order valence-electron chi connectivity index (χ2n) is 6.19. The van der Waals surface area contributed by atoms with Crippen LogP contribution in [-0.2, 0) is 16.1 Å². The summed E-state index contributed by atoms with van der Waals surface area (Å²) in [6.07, 6.45) is 0. The van der Waals surface area contributed by atoms with E-state index in [0.29, 0.717) is 18.0 Å². The first-order valence-corrected chi connectivity index (χ1v) is 9.03. The maximum atomic E-state index is 13.0. The number of carbonyl (C=O) groups is 2. The van der Waals surface area contributed by atoms with Crippen LogP contribution in [0.3, 0.4) is 0 Å². The van der Waals surface area contributed by atoms with Gasteiger partial charge in [-0.1, -0.05) is 12.1 Å². The topological polar surface area (TPSA) is 67.9 Å². The number of nitrogens with one attached hydrogen (secondary N) is 1. The molecule has 0 bridgehead atoms. The number of ether oxygens (including phenoxy) is 2. The molecule has 0 radical (unpaired) electrons. The first-order chi connectivity index (χ1) is 13.4. The molecule has 0 aromatic heterocycles. The van der Waals surface area contributed by atoms with Crippen LogP contribution in [0.1, 0.15) is 19.4 Å². The highest BCUT2D eigenvalue weighted by Crippen LogP contribution is 2.17. The van der Waals surface area contributed by atoms with Crippen molar-refractivity contribution in [3.05, 3.63) is 59.9 Å². The lowest BCUT2D eigenvalue weighted by Crippen LogP contribution is -2.49. The van der Waals surface area contributed by atoms with Gasteiger partial charge < -0.3 is 19.7 Å². The Morgan fingerprint density at radius 2 is 1.86 bits per heavy atom. The molecule has 6 nitrogen and oxygen atoms in total. The maximum Gasteiger partial charge on any atom is 0.261 e. The number of benzene rings is 2. The van der Waals surface area contributed by atoms with Crippen LogP contribution in [0.15, 0.2) is 48.5 Å². The molecule has 2 aromatic carbocycles. The van der Waals surface area contributed by atoms with Crippen molar-refractivity contribution in [2.24, 2.45) is 0 Å². The molecule has 0 aliphatic rings. The molecule has 0 heterocycles. The summed E-state index contributed by atoms with van der Waals surface area (Å²) in [4.78, 5) is 26.6. The molecule has 1 unspecified atom stereocenters. The Morgan fingerprint density at radius 3 is 2.50 bits per heavy atom. The summed E-state index contributed by atoms with van der Waals surface area (Å²) in [6, 6.07) is 12.0. The Hall–Kier alpha value is -3.09. The smallest absolute Gasteiger partial charge is 0.261 e. The minimum Gasteiger partial charge on any atom is -0.497 e. The summed E-state index contributed by atoms with van der Waals surface area (Å²) in [5.41, 5.74) is 0.825. The third-order valence-corrected chi connectivity index (χ3v) is 4.18. The number of halogens is 1. The van der Waals surface area contributed by atoms with Gasteiger partial charge in [0.05, 0.1) is 7.11 Å². The zero-order chi connectivity index (χ0) is 20.5. The summed E-state index contributed by atoms with van der Waals surface area (Å²) in [5.74, 6) is 0.0504. The van der Waals surface area contributed by atoms with Gasteiger partial charge in [-0.2, -0.15) is 0 Å². The van der Waals surface area contributed by atoms with E-state index in [1.165, 1.54) is 29.2 Å². The van der Waals surface area contributed by atoms with Crippen LogP contribution in [0.25, 0.3) is 0 Å². The van der Waals surface area contributed by atoms with Crippen LogP contribution in [0.4, 0.5) is 4.39 Å². The molecule has 0 spiro atoms. The highest BCUT2D eigenvalue weighted by atomic mass is 19.1. The van der Waals surface area contributed by atoms with Gasteiger partial charge in [-0.15, -0.1) is 0 Å². The average molecular weight is 388 g/mol. The summed E-state index contributed by atoms with van der Waals surface area (Å²) in [6.45, 7) is 3.91. The largest absolute Gasteiger partial charge is 0.497 e. The number of hydrogen-bond acceptors (Lipinski definition) is 4. The molecule has 0 fully saturated rings. The lowest BCUT2D eigenvalue weighted by Gasteiger charge is -2.28. The average Bonchev–Trinajstić information content (AvgIpc) is 2.71. The SMILES string of the molecule is CCNC(=O)C(C)N(Cc1cccc(OC)c1)C(=O)COc1ccc(F)cc1. The minimum atomic E-state index is -0.685. The van der Waals surface area contributed by atoms with E-state index in [9.17, 15) is 14.0 Å². The van der Waals surface area contributed by atoms with Crippen LogP contribution in [0.5, 0.6) is 11.5 Å². The number of hydrogen-bond donors (Lipinski definition) is 1.